The fourth-order valence-corrected chi connectivity index (χ4v) is 1.69. The SMILES string of the molecule is CC(=O)c1cn([C@@H](F)C(F)(F)F)c2ncccc12. The van der Waals surface area contributed by atoms with Crippen LogP contribution in [0.4, 0.5) is 17.6 Å². The minimum atomic E-state index is -5.04. The van der Waals surface area contributed by atoms with Crippen molar-refractivity contribution >= 4 is 16.8 Å². The summed E-state index contributed by atoms with van der Waals surface area (Å²) in [4.78, 5) is 15.0. The second kappa shape index (κ2) is 4.08. The Kier molecular flexibility index (Phi) is 2.84. The van der Waals surface area contributed by atoms with Crippen molar-refractivity contribution in [1.29, 1.82) is 0 Å². The first kappa shape index (κ1) is 12.5. The van der Waals surface area contributed by atoms with Gasteiger partial charge in [-0.25, -0.2) is 9.37 Å². The zero-order valence-corrected chi connectivity index (χ0v) is 9.20. The van der Waals surface area contributed by atoms with Gasteiger partial charge in [0.2, 0.25) is 0 Å². The standard InChI is InChI=1S/C11H8F4N2O/c1-6(18)8-5-17(10(12)11(13,14)15)9-7(8)3-2-4-16-9/h2-5,10H,1H3/t10-/m1/s1. The lowest BCUT2D eigenvalue weighted by atomic mass is 10.2. The van der Waals surface area contributed by atoms with Gasteiger partial charge in [-0.05, 0) is 19.1 Å². The van der Waals surface area contributed by atoms with Crippen molar-refractivity contribution in [1.82, 2.24) is 9.55 Å². The average molecular weight is 260 g/mol. The largest absolute Gasteiger partial charge is 0.439 e. The lowest BCUT2D eigenvalue weighted by Gasteiger charge is -2.14. The van der Waals surface area contributed by atoms with E-state index < -0.39 is 18.3 Å². The summed E-state index contributed by atoms with van der Waals surface area (Å²) < 4.78 is 50.8. The Hall–Kier alpha value is -1.92. The Balaban J connectivity index is 2.69. The van der Waals surface area contributed by atoms with E-state index in [1.54, 1.807) is 0 Å². The molecule has 96 valence electrons. The van der Waals surface area contributed by atoms with Gasteiger partial charge in [-0.1, -0.05) is 0 Å². The first-order valence-electron chi connectivity index (χ1n) is 4.99. The zero-order chi connectivity index (χ0) is 13.5. The molecular weight excluding hydrogens is 252 g/mol. The maximum atomic E-state index is 13.3. The minimum absolute atomic E-state index is 0.0185. The molecule has 2 aromatic heterocycles. The number of pyridine rings is 1. The Morgan fingerprint density at radius 1 is 1.44 bits per heavy atom. The number of alkyl halides is 4. The highest BCUT2D eigenvalue weighted by atomic mass is 19.4. The third-order valence-electron chi connectivity index (χ3n) is 2.48. The average Bonchev–Trinajstić information content (AvgIpc) is 2.66. The lowest BCUT2D eigenvalue weighted by molar-refractivity contribution is -0.203. The zero-order valence-electron chi connectivity index (χ0n) is 9.20. The van der Waals surface area contributed by atoms with Crippen LogP contribution in [0.5, 0.6) is 0 Å². The molecular formula is C11H8F4N2O. The molecule has 2 heterocycles. The van der Waals surface area contributed by atoms with E-state index in [0.717, 1.165) is 6.20 Å². The topological polar surface area (TPSA) is 34.9 Å². The molecule has 0 amide bonds. The summed E-state index contributed by atoms with van der Waals surface area (Å²) >= 11 is 0. The van der Waals surface area contributed by atoms with E-state index in [9.17, 15) is 22.4 Å². The fraction of sp³-hybridized carbons (Fsp3) is 0.273. The van der Waals surface area contributed by atoms with Crippen LogP contribution in [-0.2, 0) is 0 Å². The number of hydrogen-bond acceptors (Lipinski definition) is 2. The lowest BCUT2D eigenvalue weighted by Crippen LogP contribution is -2.22. The highest BCUT2D eigenvalue weighted by Gasteiger charge is 2.42. The summed E-state index contributed by atoms with van der Waals surface area (Å²) in [5.41, 5.74) is -0.183. The predicted octanol–water partition coefficient (Wildman–Crippen LogP) is 3.27. The van der Waals surface area contributed by atoms with Crippen LogP contribution in [-0.4, -0.2) is 21.5 Å². The van der Waals surface area contributed by atoms with Gasteiger partial charge in [0.1, 0.15) is 5.65 Å². The fourth-order valence-electron chi connectivity index (χ4n) is 1.69. The number of ketones is 1. The van der Waals surface area contributed by atoms with Crippen molar-refractivity contribution in [3.8, 4) is 0 Å². The summed E-state index contributed by atoms with van der Waals surface area (Å²) in [6.45, 7) is 1.20. The highest BCUT2D eigenvalue weighted by molar-refractivity contribution is 6.06. The molecule has 2 rings (SSSR count). The molecule has 0 aromatic carbocycles. The van der Waals surface area contributed by atoms with Crippen LogP contribution in [0.25, 0.3) is 11.0 Å². The van der Waals surface area contributed by atoms with Gasteiger partial charge in [0, 0.05) is 23.3 Å². The molecule has 7 heteroatoms. The molecule has 0 aliphatic carbocycles. The van der Waals surface area contributed by atoms with E-state index in [1.807, 2.05) is 0 Å². The molecule has 0 N–H and O–H groups in total. The molecule has 0 fully saturated rings. The third-order valence-corrected chi connectivity index (χ3v) is 2.48. The van der Waals surface area contributed by atoms with E-state index in [4.69, 9.17) is 0 Å². The molecule has 0 unspecified atom stereocenters. The van der Waals surface area contributed by atoms with E-state index in [0.29, 0.717) is 4.57 Å². The molecule has 1 atom stereocenters. The molecule has 0 saturated heterocycles. The van der Waals surface area contributed by atoms with Crippen LogP contribution >= 0.6 is 0 Å². The Labute approximate surface area is 99.0 Å². The molecule has 0 saturated carbocycles. The van der Waals surface area contributed by atoms with Crippen molar-refractivity contribution in [2.24, 2.45) is 0 Å². The second-order valence-electron chi connectivity index (χ2n) is 3.76. The van der Waals surface area contributed by atoms with Crippen LogP contribution in [0.1, 0.15) is 23.6 Å². The molecule has 2 aromatic rings. The summed E-state index contributed by atoms with van der Waals surface area (Å²) in [5.74, 6) is -0.443. The van der Waals surface area contributed by atoms with Gasteiger partial charge in [0.05, 0.1) is 0 Å². The monoisotopic (exact) mass is 260 g/mol. The summed E-state index contributed by atoms with van der Waals surface area (Å²) in [5, 5.41) is 0.205. The van der Waals surface area contributed by atoms with Crippen LogP contribution in [0.2, 0.25) is 0 Å². The summed E-state index contributed by atoms with van der Waals surface area (Å²) in [7, 11) is 0. The number of rotatable bonds is 2. The van der Waals surface area contributed by atoms with Gasteiger partial charge in [-0.3, -0.25) is 9.36 Å². The summed E-state index contributed by atoms with van der Waals surface area (Å²) in [6.07, 6.45) is -6.18. The molecule has 0 spiro atoms. The van der Waals surface area contributed by atoms with E-state index >= 15 is 0 Å². The Morgan fingerprint density at radius 3 is 2.67 bits per heavy atom. The van der Waals surface area contributed by atoms with Crippen molar-refractivity contribution in [3.63, 3.8) is 0 Å². The quantitative estimate of drug-likeness (QED) is 0.613. The van der Waals surface area contributed by atoms with Crippen molar-refractivity contribution in [3.05, 3.63) is 30.1 Å². The number of hydrogen-bond donors (Lipinski definition) is 0. The van der Waals surface area contributed by atoms with Crippen molar-refractivity contribution in [2.45, 2.75) is 19.4 Å². The van der Waals surface area contributed by atoms with Gasteiger partial charge >= 0.3 is 6.18 Å². The smallest absolute Gasteiger partial charge is 0.294 e. The Bertz CT molecular complexity index is 603. The number of aromatic nitrogens is 2. The molecule has 0 aliphatic rings. The minimum Gasteiger partial charge on any atom is -0.294 e. The first-order chi connectivity index (χ1) is 8.32. The number of halogens is 4. The van der Waals surface area contributed by atoms with Crippen LogP contribution in [0.3, 0.4) is 0 Å². The van der Waals surface area contributed by atoms with Gasteiger partial charge in [-0.2, -0.15) is 13.2 Å². The second-order valence-corrected chi connectivity index (χ2v) is 3.76. The number of carbonyl (C=O) groups excluding carboxylic acids is 1. The third kappa shape index (κ3) is 1.96. The number of nitrogens with zero attached hydrogens (tertiary/aromatic N) is 2. The van der Waals surface area contributed by atoms with Crippen LogP contribution in [0, 0.1) is 0 Å². The van der Waals surface area contributed by atoms with E-state index in [1.165, 1.54) is 25.3 Å². The van der Waals surface area contributed by atoms with E-state index in [-0.39, 0.29) is 16.6 Å². The summed E-state index contributed by atoms with van der Waals surface area (Å²) in [6, 6.07) is 2.90. The Morgan fingerprint density at radius 2 is 2.11 bits per heavy atom. The van der Waals surface area contributed by atoms with Crippen molar-refractivity contribution < 1.29 is 22.4 Å². The van der Waals surface area contributed by atoms with Crippen molar-refractivity contribution in [2.75, 3.05) is 0 Å². The van der Waals surface area contributed by atoms with Gasteiger partial charge in [-0.15, -0.1) is 0 Å². The molecule has 0 radical (unpaired) electrons. The number of Topliss-reactive ketones (excluding diaryl/α,β-unsaturated/α-hetero) is 1. The predicted molar refractivity (Wildman–Crippen MR) is 55.9 cm³/mol. The number of fused-ring (bicyclic) bond motifs is 1. The molecule has 0 bridgehead atoms. The first-order valence-corrected chi connectivity index (χ1v) is 4.99. The maximum Gasteiger partial charge on any atom is 0.439 e. The van der Waals surface area contributed by atoms with Gasteiger partial charge in [0.15, 0.2) is 5.78 Å². The van der Waals surface area contributed by atoms with Crippen LogP contribution < -0.4 is 0 Å². The molecule has 3 nitrogen and oxygen atoms in total. The number of carbonyl (C=O) groups is 1. The molecule has 0 aliphatic heterocycles. The van der Waals surface area contributed by atoms with E-state index in [2.05, 4.69) is 4.98 Å². The van der Waals surface area contributed by atoms with Gasteiger partial charge in [0.25, 0.3) is 6.30 Å². The highest BCUT2D eigenvalue weighted by Crippen LogP contribution is 2.35. The van der Waals surface area contributed by atoms with Gasteiger partial charge < -0.3 is 0 Å². The maximum absolute atomic E-state index is 13.3. The van der Waals surface area contributed by atoms with Crippen LogP contribution in [0.15, 0.2) is 24.5 Å². The normalized spacial score (nSPS) is 13.8. The molecule has 18 heavy (non-hydrogen) atoms.